The topological polar surface area (TPSA) is 50.4 Å². The van der Waals surface area contributed by atoms with Gasteiger partial charge < -0.3 is 15.4 Å². The van der Waals surface area contributed by atoms with Gasteiger partial charge >= 0.3 is 6.18 Å². The van der Waals surface area contributed by atoms with E-state index in [9.17, 15) is 18.0 Å². The van der Waals surface area contributed by atoms with Gasteiger partial charge in [-0.3, -0.25) is 4.79 Å². The fourth-order valence-electron chi connectivity index (χ4n) is 1.89. The van der Waals surface area contributed by atoms with Gasteiger partial charge in [0.15, 0.2) is 6.61 Å². The van der Waals surface area contributed by atoms with Crippen molar-refractivity contribution in [1.82, 2.24) is 10.6 Å². The molecule has 1 amide bonds. The Kier molecular flexibility index (Phi) is 5.65. The second-order valence-electron chi connectivity index (χ2n) is 5.40. The second kappa shape index (κ2) is 7.49. The maximum absolute atomic E-state index is 12.1. The Hall–Kier alpha value is -1.76. The summed E-state index contributed by atoms with van der Waals surface area (Å²) in [5.74, 6) is 0.702. The van der Waals surface area contributed by atoms with Gasteiger partial charge in [0.25, 0.3) is 0 Å². The molecule has 0 bridgehead atoms. The number of carbonyl (C=O) groups excluding carboxylic acids is 1. The molecule has 2 N–H and O–H groups in total. The first-order chi connectivity index (χ1) is 10.4. The third kappa shape index (κ3) is 6.80. The van der Waals surface area contributed by atoms with Crippen molar-refractivity contribution >= 4 is 5.91 Å². The van der Waals surface area contributed by atoms with Gasteiger partial charge in [0.2, 0.25) is 5.91 Å². The van der Waals surface area contributed by atoms with Crippen LogP contribution in [0.1, 0.15) is 18.4 Å². The molecule has 1 saturated carbocycles. The molecule has 7 heteroatoms. The molecule has 1 aromatic carbocycles. The highest BCUT2D eigenvalue weighted by atomic mass is 19.4. The molecule has 1 aromatic rings. The van der Waals surface area contributed by atoms with Crippen LogP contribution in [0.2, 0.25) is 0 Å². The minimum atomic E-state index is -4.36. The first-order valence-corrected chi connectivity index (χ1v) is 7.18. The summed E-state index contributed by atoms with van der Waals surface area (Å²) in [6, 6.07) is 6.26. The highest BCUT2D eigenvalue weighted by molar-refractivity contribution is 5.77. The Bertz CT molecular complexity index is 502. The van der Waals surface area contributed by atoms with Gasteiger partial charge in [0, 0.05) is 6.54 Å². The first-order valence-electron chi connectivity index (χ1n) is 7.18. The summed E-state index contributed by atoms with van der Waals surface area (Å²) in [4.78, 5) is 11.6. The van der Waals surface area contributed by atoms with E-state index in [-0.39, 0.29) is 24.7 Å². The summed E-state index contributed by atoms with van der Waals surface area (Å²) in [6.45, 7) is 0.0377. The molecule has 0 aliphatic heterocycles. The molecule has 0 radical (unpaired) electrons. The molecule has 0 saturated heterocycles. The lowest BCUT2D eigenvalue weighted by Gasteiger charge is -2.11. The predicted molar refractivity (Wildman–Crippen MR) is 75.4 cm³/mol. The van der Waals surface area contributed by atoms with Crippen LogP contribution in [0.25, 0.3) is 0 Å². The second-order valence-corrected chi connectivity index (χ2v) is 5.40. The highest BCUT2D eigenvalue weighted by Crippen LogP contribution is 2.27. The van der Waals surface area contributed by atoms with Crippen molar-refractivity contribution in [2.24, 2.45) is 5.92 Å². The molecule has 122 valence electrons. The summed E-state index contributed by atoms with van der Waals surface area (Å²) < 4.78 is 40.9. The minimum absolute atomic E-state index is 0.135. The van der Waals surface area contributed by atoms with Crippen LogP contribution in [-0.4, -0.2) is 31.8 Å². The normalized spacial score (nSPS) is 14.7. The van der Waals surface area contributed by atoms with E-state index in [0.29, 0.717) is 11.5 Å². The van der Waals surface area contributed by atoms with Crippen LogP contribution in [0.4, 0.5) is 13.2 Å². The Morgan fingerprint density at radius 1 is 1.32 bits per heavy atom. The van der Waals surface area contributed by atoms with Gasteiger partial charge in [0.05, 0.1) is 6.54 Å². The Morgan fingerprint density at radius 2 is 2.09 bits per heavy atom. The molecule has 1 aliphatic carbocycles. The third-order valence-electron chi connectivity index (χ3n) is 3.21. The zero-order chi connectivity index (χ0) is 16.0. The van der Waals surface area contributed by atoms with Crippen molar-refractivity contribution in [2.45, 2.75) is 25.6 Å². The number of hydrogen-bond donors (Lipinski definition) is 2. The summed E-state index contributed by atoms with van der Waals surface area (Å²) >= 11 is 0. The van der Waals surface area contributed by atoms with E-state index in [2.05, 4.69) is 15.4 Å². The third-order valence-corrected chi connectivity index (χ3v) is 3.21. The lowest BCUT2D eigenvalue weighted by Crippen LogP contribution is -2.34. The van der Waals surface area contributed by atoms with Crippen molar-refractivity contribution in [1.29, 1.82) is 0 Å². The fourth-order valence-corrected chi connectivity index (χ4v) is 1.89. The maximum Gasteiger partial charge on any atom is 0.422 e. The van der Waals surface area contributed by atoms with E-state index in [1.54, 1.807) is 12.1 Å². The van der Waals surface area contributed by atoms with E-state index < -0.39 is 12.8 Å². The van der Waals surface area contributed by atoms with Crippen molar-refractivity contribution in [3.8, 4) is 5.75 Å². The Labute approximate surface area is 127 Å². The van der Waals surface area contributed by atoms with Crippen molar-refractivity contribution in [2.75, 3.05) is 19.7 Å². The monoisotopic (exact) mass is 316 g/mol. The van der Waals surface area contributed by atoms with Gasteiger partial charge in [-0.15, -0.1) is 0 Å². The molecular formula is C15H19F3N2O2. The largest absolute Gasteiger partial charge is 0.484 e. The number of rotatable bonds is 8. The zero-order valence-corrected chi connectivity index (χ0v) is 12.1. The summed E-state index contributed by atoms with van der Waals surface area (Å²) in [6.07, 6.45) is -1.92. The van der Waals surface area contributed by atoms with Crippen LogP contribution < -0.4 is 15.4 Å². The first kappa shape index (κ1) is 16.6. The SMILES string of the molecule is O=C(CNCC1CC1)NCc1cccc(OCC(F)(F)F)c1. The van der Waals surface area contributed by atoms with Crippen molar-refractivity contribution in [3.63, 3.8) is 0 Å². The average Bonchev–Trinajstić information content (AvgIpc) is 3.27. The van der Waals surface area contributed by atoms with E-state index in [1.165, 1.54) is 25.0 Å². The number of alkyl halides is 3. The summed E-state index contributed by atoms with van der Waals surface area (Å²) in [7, 11) is 0. The molecule has 1 fully saturated rings. The maximum atomic E-state index is 12.1. The molecule has 4 nitrogen and oxygen atoms in total. The smallest absolute Gasteiger partial charge is 0.422 e. The molecule has 0 unspecified atom stereocenters. The zero-order valence-electron chi connectivity index (χ0n) is 12.1. The molecule has 0 aromatic heterocycles. The molecule has 0 spiro atoms. The van der Waals surface area contributed by atoms with Crippen molar-refractivity contribution in [3.05, 3.63) is 29.8 Å². The van der Waals surface area contributed by atoms with Gasteiger partial charge in [-0.05, 0) is 43.0 Å². The molecule has 0 atom stereocenters. The summed E-state index contributed by atoms with van der Waals surface area (Å²) in [5, 5.41) is 5.78. The number of benzene rings is 1. The Morgan fingerprint density at radius 3 is 2.77 bits per heavy atom. The van der Waals surface area contributed by atoms with Gasteiger partial charge in [-0.2, -0.15) is 13.2 Å². The highest BCUT2D eigenvalue weighted by Gasteiger charge is 2.28. The molecule has 0 heterocycles. The number of amides is 1. The van der Waals surface area contributed by atoms with E-state index in [1.807, 2.05) is 0 Å². The van der Waals surface area contributed by atoms with Crippen LogP contribution >= 0.6 is 0 Å². The number of nitrogens with one attached hydrogen (secondary N) is 2. The minimum Gasteiger partial charge on any atom is -0.484 e. The quantitative estimate of drug-likeness (QED) is 0.773. The lowest BCUT2D eigenvalue weighted by molar-refractivity contribution is -0.153. The molecule has 22 heavy (non-hydrogen) atoms. The van der Waals surface area contributed by atoms with Gasteiger partial charge in [0.1, 0.15) is 5.75 Å². The van der Waals surface area contributed by atoms with Crippen LogP contribution in [0, 0.1) is 5.92 Å². The average molecular weight is 316 g/mol. The summed E-state index contributed by atoms with van der Waals surface area (Å²) in [5.41, 5.74) is 0.690. The number of carbonyl (C=O) groups is 1. The standard InChI is InChI=1S/C15H19F3N2O2/c16-15(17,18)10-22-13-3-1-2-12(6-13)8-20-14(21)9-19-7-11-4-5-11/h1-3,6,11,19H,4-5,7-10H2,(H,20,21). The van der Waals surface area contributed by atoms with E-state index in [4.69, 9.17) is 0 Å². The van der Waals surface area contributed by atoms with E-state index >= 15 is 0 Å². The van der Waals surface area contributed by atoms with Crippen molar-refractivity contribution < 1.29 is 22.7 Å². The van der Waals surface area contributed by atoms with Crippen LogP contribution in [-0.2, 0) is 11.3 Å². The van der Waals surface area contributed by atoms with Gasteiger partial charge in [-0.25, -0.2) is 0 Å². The predicted octanol–water partition coefficient (Wildman–Crippen LogP) is 2.24. The van der Waals surface area contributed by atoms with Crippen LogP contribution in [0.15, 0.2) is 24.3 Å². The number of hydrogen-bond acceptors (Lipinski definition) is 3. The fraction of sp³-hybridized carbons (Fsp3) is 0.533. The molecule has 2 rings (SSSR count). The molecular weight excluding hydrogens is 297 g/mol. The number of halogens is 3. The molecule has 1 aliphatic rings. The van der Waals surface area contributed by atoms with Crippen LogP contribution in [0.5, 0.6) is 5.75 Å². The lowest BCUT2D eigenvalue weighted by atomic mass is 10.2. The van der Waals surface area contributed by atoms with Crippen LogP contribution in [0.3, 0.4) is 0 Å². The van der Waals surface area contributed by atoms with E-state index in [0.717, 1.165) is 6.54 Å². The Balaban J connectivity index is 1.71. The van der Waals surface area contributed by atoms with Gasteiger partial charge in [-0.1, -0.05) is 12.1 Å². The number of ether oxygens (including phenoxy) is 1.